The largest absolute Gasteiger partial charge is 0.292 e. The van der Waals surface area contributed by atoms with Crippen LogP contribution in [0.3, 0.4) is 0 Å². The minimum atomic E-state index is 0.0664. The van der Waals surface area contributed by atoms with E-state index in [0.717, 1.165) is 6.54 Å². The van der Waals surface area contributed by atoms with Crippen LogP contribution in [0.15, 0.2) is 0 Å². The predicted molar refractivity (Wildman–Crippen MR) is 144 cm³/mol. The Kier molecular flexibility index (Phi) is 8.62. The van der Waals surface area contributed by atoms with Crippen LogP contribution >= 0.6 is 0 Å². The lowest BCUT2D eigenvalue weighted by Crippen LogP contribution is -2.66. The molecule has 0 rings (SSSR count). The maximum atomic E-state index is 2.83. The Morgan fingerprint density at radius 2 is 0.613 bits per heavy atom. The van der Waals surface area contributed by atoms with Crippen LogP contribution in [0.25, 0.3) is 0 Å². The summed E-state index contributed by atoms with van der Waals surface area (Å²) in [4.78, 5) is 2.83. The smallest absolute Gasteiger partial charge is 0.0209 e. The van der Waals surface area contributed by atoms with Crippen molar-refractivity contribution < 1.29 is 0 Å². The van der Waals surface area contributed by atoms with E-state index in [9.17, 15) is 0 Å². The van der Waals surface area contributed by atoms with Gasteiger partial charge in [0.1, 0.15) is 0 Å². The molecule has 0 N–H and O–H groups in total. The summed E-state index contributed by atoms with van der Waals surface area (Å²) >= 11 is 0. The van der Waals surface area contributed by atoms with Crippen molar-refractivity contribution in [3.63, 3.8) is 0 Å². The molecule has 0 fully saturated rings. The molecule has 0 amide bonds. The molecule has 0 aliphatic rings. The van der Waals surface area contributed by atoms with Gasteiger partial charge in [0.2, 0.25) is 0 Å². The SMILES string of the molecule is CCN(C(C)(C)C(C)(C)CC(C)(C)C(C)(C)C)C(C)(C)C(C)(C)CC(C)(C)C(C)(C)C. The molecule has 0 saturated carbocycles. The van der Waals surface area contributed by atoms with Crippen LogP contribution in [0.1, 0.15) is 144 Å². The second-order valence-electron chi connectivity index (χ2n) is 16.3. The monoisotopic (exact) mass is 437 g/mol. The highest BCUT2D eigenvalue weighted by Crippen LogP contribution is 2.56. The second-order valence-corrected chi connectivity index (χ2v) is 16.3. The number of hydrogen-bond acceptors (Lipinski definition) is 1. The molecule has 0 atom stereocenters. The second kappa shape index (κ2) is 8.63. The van der Waals surface area contributed by atoms with E-state index in [1.54, 1.807) is 0 Å². The topological polar surface area (TPSA) is 3.24 Å². The molecular formula is C30H63N. The summed E-state index contributed by atoms with van der Waals surface area (Å²) in [5, 5.41) is 0. The van der Waals surface area contributed by atoms with Crippen LogP contribution in [0.2, 0.25) is 0 Å². The Morgan fingerprint density at radius 3 is 0.774 bits per heavy atom. The zero-order valence-electron chi connectivity index (χ0n) is 25.6. The lowest BCUT2D eigenvalue weighted by molar-refractivity contribution is -0.126. The van der Waals surface area contributed by atoms with E-state index < -0.39 is 0 Å². The normalized spacial score (nSPS) is 16.3. The first-order valence-corrected chi connectivity index (χ1v) is 12.9. The van der Waals surface area contributed by atoms with Crippen molar-refractivity contribution in [2.45, 2.75) is 155 Å². The zero-order chi connectivity index (χ0) is 25.7. The summed E-state index contributed by atoms with van der Waals surface area (Å²) in [6, 6.07) is 0. The quantitative estimate of drug-likeness (QED) is 0.347. The highest BCUT2D eigenvalue weighted by molar-refractivity contribution is 5.08. The Bertz CT molecular complexity index is 533. The van der Waals surface area contributed by atoms with E-state index in [1.165, 1.54) is 12.8 Å². The van der Waals surface area contributed by atoms with E-state index in [-0.39, 0.29) is 43.6 Å². The van der Waals surface area contributed by atoms with Gasteiger partial charge in [-0.2, -0.15) is 0 Å². The van der Waals surface area contributed by atoms with Crippen molar-refractivity contribution >= 4 is 0 Å². The van der Waals surface area contributed by atoms with Crippen molar-refractivity contribution in [1.82, 2.24) is 4.90 Å². The Hall–Kier alpha value is -0.0400. The lowest BCUT2D eigenvalue weighted by atomic mass is 9.55. The van der Waals surface area contributed by atoms with Gasteiger partial charge in [-0.05, 0) is 79.6 Å². The molecule has 1 heteroatoms. The number of hydrogen-bond donors (Lipinski definition) is 0. The van der Waals surface area contributed by atoms with Gasteiger partial charge >= 0.3 is 0 Å². The van der Waals surface area contributed by atoms with Gasteiger partial charge in [-0.1, -0.05) is 104 Å². The van der Waals surface area contributed by atoms with Crippen LogP contribution in [-0.4, -0.2) is 22.5 Å². The molecule has 0 radical (unpaired) electrons. The molecule has 0 spiro atoms. The Labute approximate surface area is 199 Å². The van der Waals surface area contributed by atoms with E-state index >= 15 is 0 Å². The van der Waals surface area contributed by atoms with Crippen LogP contribution in [-0.2, 0) is 0 Å². The minimum absolute atomic E-state index is 0.0664. The van der Waals surface area contributed by atoms with Gasteiger partial charge in [0.05, 0.1) is 0 Å². The summed E-state index contributed by atoms with van der Waals surface area (Å²) in [6.45, 7) is 47.7. The third kappa shape index (κ3) is 6.10. The minimum Gasteiger partial charge on any atom is -0.292 e. The van der Waals surface area contributed by atoms with Crippen LogP contribution in [0, 0.1) is 32.5 Å². The van der Waals surface area contributed by atoms with E-state index in [0.29, 0.717) is 0 Å². The van der Waals surface area contributed by atoms with Crippen molar-refractivity contribution in [3.05, 3.63) is 0 Å². The van der Waals surface area contributed by atoms with Crippen molar-refractivity contribution in [1.29, 1.82) is 0 Å². The molecular weight excluding hydrogens is 374 g/mol. The molecule has 1 nitrogen and oxygen atoms in total. The molecule has 0 aromatic carbocycles. The lowest BCUT2D eigenvalue weighted by Gasteiger charge is -2.62. The first-order valence-electron chi connectivity index (χ1n) is 12.9. The molecule has 0 aromatic heterocycles. The molecule has 0 aromatic rings. The molecule has 0 aliphatic carbocycles. The number of rotatable bonds is 9. The first-order chi connectivity index (χ1) is 13.1. The average molecular weight is 438 g/mol. The molecule has 31 heavy (non-hydrogen) atoms. The fourth-order valence-corrected chi connectivity index (χ4v) is 5.39. The Balaban J connectivity index is 6.27. The fourth-order valence-electron chi connectivity index (χ4n) is 5.39. The van der Waals surface area contributed by atoms with Crippen molar-refractivity contribution in [2.24, 2.45) is 32.5 Å². The summed E-state index contributed by atoms with van der Waals surface area (Å²) in [7, 11) is 0. The molecule has 0 aliphatic heterocycles. The van der Waals surface area contributed by atoms with Crippen molar-refractivity contribution in [3.8, 4) is 0 Å². The fraction of sp³-hybridized carbons (Fsp3) is 1.00. The maximum Gasteiger partial charge on any atom is 0.0209 e. The molecule has 0 unspecified atom stereocenters. The third-order valence-corrected chi connectivity index (χ3v) is 10.8. The summed E-state index contributed by atoms with van der Waals surface area (Å²) in [5.41, 5.74) is 1.57. The number of nitrogens with zero attached hydrogens (tertiary/aromatic N) is 1. The van der Waals surface area contributed by atoms with Gasteiger partial charge in [-0.25, -0.2) is 0 Å². The molecule has 0 bridgehead atoms. The molecule has 188 valence electrons. The maximum absolute atomic E-state index is 2.83. The van der Waals surface area contributed by atoms with Crippen LogP contribution < -0.4 is 0 Å². The summed E-state index contributed by atoms with van der Waals surface area (Å²) in [5.74, 6) is 0. The summed E-state index contributed by atoms with van der Waals surface area (Å²) in [6.07, 6.45) is 2.41. The van der Waals surface area contributed by atoms with Crippen LogP contribution in [0.5, 0.6) is 0 Å². The molecule has 0 saturated heterocycles. The van der Waals surface area contributed by atoms with E-state index in [1.807, 2.05) is 0 Å². The van der Waals surface area contributed by atoms with Crippen molar-refractivity contribution in [2.75, 3.05) is 6.54 Å². The predicted octanol–water partition coefficient (Wildman–Crippen LogP) is 9.84. The third-order valence-electron chi connectivity index (χ3n) is 10.8. The first kappa shape index (κ1) is 31.0. The average Bonchev–Trinajstić information content (AvgIpc) is 2.41. The zero-order valence-corrected chi connectivity index (χ0v) is 25.6. The van der Waals surface area contributed by atoms with Gasteiger partial charge in [0.15, 0.2) is 0 Å². The Morgan fingerprint density at radius 1 is 0.387 bits per heavy atom. The van der Waals surface area contributed by atoms with Gasteiger partial charge in [-0.15, -0.1) is 0 Å². The highest BCUT2D eigenvalue weighted by Gasteiger charge is 2.54. The standard InChI is InChI=1S/C30H63N/c1-20-31(29(16,17)27(12,13)21-25(8,9)23(2,3)4)30(18,19)28(14,15)22-26(10,11)24(5,6)7/h20-22H2,1-19H3. The van der Waals surface area contributed by atoms with Gasteiger partial charge in [0, 0.05) is 11.1 Å². The van der Waals surface area contributed by atoms with E-state index in [2.05, 4.69) is 136 Å². The van der Waals surface area contributed by atoms with Gasteiger partial charge in [0.25, 0.3) is 0 Å². The van der Waals surface area contributed by atoms with E-state index in [4.69, 9.17) is 0 Å². The highest BCUT2D eigenvalue weighted by atomic mass is 15.3. The van der Waals surface area contributed by atoms with Crippen LogP contribution in [0.4, 0.5) is 0 Å². The summed E-state index contributed by atoms with van der Waals surface area (Å²) < 4.78 is 0. The van der Waals surface area contributed by atoms with Gasteiger partial charge in [-0.3, -0.25) is 4.90 Å². The van der Waals surface area contributed by atoms with Gasteiger partial charge < -0.3 is 0 Å². The molecule has 0 heterocycles.